The van der Waals surface area contributed by atoms with E-state index < -0.39 is 0 Å². The van der Waals surface area contributed by atoms with E-state index in [1.807, 2.05) is 0 Å². The van der Waals surface area contributed by atoms with Crippen LogP contribution in [-0.4, -0.2) is 43.6 Å². The third kappa shape index (κ3) is 3.81. The minimum atomic E-state index is -0.127. The molecule has 1 aliphatic heterocycles. The maximum Gasteiger partial charge on any atom is 0.251 e. The Morgan fingerprint density at radius 2 is 2.04 bits per heavy atom. The third-order valence-corrected chi connectivity index (χ3v) is 5.26. The summed E-state index contributed by atoms with van der Waals surface area (Å²) in [5.41, 5.74) is 1.95. The molecule has 4 heterocycles. The van der Waals surface area contributed by atoms with Crippen molar-refractivity contribution >= 4 is 17.2 Å². The highest BCUT2D eigenvalue weighted by molar-refractivity contribution is 7.07. The molecule has 7 nitrogen and oxygen atoms in total. The van der Waals surface area contributed by atoms with Gasteiger partial charge in [-0.15, -0.1) is 10.2 Å². The molecule has 0 aliphatic carbocycles. The fourth-order valence-corrected chi connectivity index (χ4v) is 3.78. The number of amides is 1. The molecule has 1 N–H and O–H groups in total. The van der Waals surface area contributed by atoms with E-state index in [2.05, 4.69) is 46.8 Å². The van der Waals surface area contributed by atoms with E-state index in [4.69, 9.17) is 0 Å². The van der Waals surface area contributed by atoms with E-state index in [1.54, 1.807) is 35.9 Å². The number of aromatic nitrogens is 4. The third-order valence-electron chi connectivity index (χ3n) is 4.53. The van der Waals surface area contributed by atoms with Crippen molar-refractivity contribution in [1.82, 2.24) is 30.0 Å². The first-order valence-electron chi connectivity index (χ1n) is 8.62. The Morgan fingerprint density at radius 3 is 2.85 bits per heavy atom. The van der Waals surface area contributed by atoms with Crippen LogP contribution in [0.5, 0.6) is 0 Å². The fraction of sp³-hybridized carbons (Fsp3) is 0.333. The zero-order valence-corrected chi connectivity index (χ0v) is 15.2. The van der Waals surface area contributed by atoms with Crippen molar-refractivity contribution in [2.24, 2.45) is 0 Å². The number of rotatable bonds is 5. The summed E-state index contributed by atoms with van der Waals surface area (Å²) < 4.78 is 2.14. The minimum Gasteiger partial charge on any atom is -0.345 e. The van der Waals surface area contributed by atoms with E-state index in [9.17, 15) is 4.79 Å². The second-order valence-electron chi connectivity index (χ2n) is 6.26. The topological polar surface area (TPSA) is 75.9 Å². The van der Waals surface area contributed by atoms with Crippen molar-refractivity contribution in [2.45, 2.75) is 26.1 Å². The Labute approximate surface area is 155 Å². The molecule has 134 valence electrons. The zero-order chi connectivity index (χ0) is 17.8. The molecule has 0 spiro atoms. The van der Waals surface area contributed by atoms with Gasteiger partial charge in [-0.3, -0.25) is 14.7 Å². The van der Waals surface area contributed by atoms with Crippen LogP contribution in [0.3, 0.4) is 0 Å². The van der Waals surface area contributed by atoms with Crippen LogP contribution in [-0.2, 0) is 26.1 Å². The summed E-state index contributed by atoms with van der Waals surface area (Å²) in [5.74, 6) is 1.67. The van der Waals surface area contributed by atoms with E-state index in [-0.39, 0.29) is 5.91 Å². The number of nitrogens with zero attached hydrogens (tertiary/aromatic N) is 5. The first-order chi connectivity index (χ1) is 12.8. The standard InChI is InChI=1S/C18H20N6OS/c25-18(15-1-5-19-6-2-15)20-11-17-22-21-16-3-7-23(8-9-24(16)17)12-14-4-10-26-13-14/h1-2,4-6,10,13H,3,7-9,11-12H2,(H,20,25). The molecule has 0 atom stereocenters. The maximum atomic E-state index is 12.2. The molecule has 4 rings (SSSR count). The van der Waals surface area contributed by atoms with E-state index in [0.717, 1.165) is 44.2 Å². The Balaban J connectivity index is 1.38. The molecule has 1 aliphatic rings. The first-order valence-corrected chi connectivity index (χ1v) is 9.56. The van der Waals surface area contributed by atoms with Crippen LogP contribution < -0.4 is 5.32 Å². The average molecular weight is 368 g/mol. The van der Waals surface area contributed by atoms with Gasteiger partial charge >= 0.3 is 0 Å². The van der Waals surface area contributed by atoms with Gasteiger partial charge < -0.3 is 9.88 Å². The van der Waals surface area contributed by atoms with Gasteiger partial charge in [0.2, 0.25) is 0 Å². The number of thiophene rings is 1. The molecule has 1 amide bonds. The zero-order valence-electron chi connectivity index (χ0n) is 14.3. The Kier molecular flexibility index (Phi) is 5.03. The molecule has 26 heavy (non-hydrogen) atoms. The van der Waals surface area contributed by atoms with Gasteiger partial charge in [-0.05, 0) is 34.5 Å². The molecular formula is C18H20N6OS. The number of carbonyl (C=O) groups is 1. The van der Waals surface area contributed by atoms with E-state index in [0.29, 0.717) is 12.1 Å². The molecule has 0 bridgehead atoms. The van der Waals surface area contributed by atoms with Gasteiger partial charge in [0, 0.05) is 50.6 Å². The van der Waals surface area contributed by atoms with Crippen LogP contribution in [0.15, 0.2) is 41.4 Å². The van der Waals surface area contributed by atoms with Gasteiger partial charge in [0.1, 0.15) is 5.82 Å². The summed E-state index contributed by atoms with van der Waals surface area (Å²) in [4.78, 5) is 18.6. The molecule has 0 aromatic carbocycles. The molecule has 0 radical (unpaired) electrons. The molecule has 0 unspecified atom stereocenters. The number of carbonyl (C=O) groups excluding carboxylic acids is 1. The van der Waals surface area contributed by atoms with Crippen molar-refractivity contribution in [2.75, 3.05) is 13.1 Å². The van der Waals surface area contributed by atoms with Crippen LogP contribution in [0, 0.1) is 0 Å². The van der Waals surface area contributed by atoms with Gasteiger partial charge in [-0.25, -0.2) is 0 Å². The molecule has 0 fully saturated rings. The normalized spacial score (nSPS) is 14.6. The lowest BCUT2D eigenvalue weighted by Gasteiger charge is -2.18. The Morgan fingerprint density at radius 1 is 1.15 bits per heavy atom. The Bertz CT molecular complexity index is 861. The van der Waals surface area contributed by atoms with Crippen LogP contribution in [0.25, 0.3) is 0 Å². The quantitative estimate of drug-likeness (QED) is 0.742. The Hall–Kier alpha value is -2.58. The number of hydrogen-bond donors (Lipinski definition) is 1. The van der Waals surface area contributed by atoms with Gasteiger partial charge in [-0.1, -0.05) is 0 Å². The molecule has 8 heteroatoms. The lowest BCUT2D eigenvalue weighted by molar-refractivity contribution is 0.0949. The summed E-state index contributed by atoms with van der Waals surface area (Å²) in [7, 11) is 0. The van der Waals surface area contributed by atoms with Crippen LogP contribution >= 0.6 is 11.3 Å². The van der Waals surface area contributed by atoms with Crippen LogP contribution in [0.4, 0.5) is 0 Å². The predicted octanol–water partition coefficient (Wildman–Crippen LogP) is 1.72. The smallest absolute Gasteiger partial charge is 0.251 e. The predicted molar refractivity (Wildman–Crippen MR) is 98.7 cm³/mol. The molecule has 3 aromatic rings. The van der Waals surface area contributed by atoms with Crippen molar-refractivity contribution in [3.63, 3.8) is 0 Å². The van der Waals surface area contributed by atoms with Crippen molar-refractivity contribution in [1.29, 1.82) is 0 Å². The lowest BCUT2D eigenvalue weighted by atomic mass is 10.2. The SMILES string of the molecule is O=C(NCc1nnc2n1CCN(Cc1ccsc1)CC2)c1ccncc1. The summed E-state index contributed by atoms with van der Waals surface area (Å²) in [5, 5.41) is 15.8. The van der Waals surface area contributed by atoms with Gasteiger partial charge in [0.15, 0.2) is 5.82 Å². The summed E-state index contributed by atoms with van der Waals surface area (Å²) >= 11 is 1.73. The van der Waals surface area contributed by atoms with E-state index in [1.165, 1.54) is 5.56 Å². The molecule has 0 saturated carbocycles. The van der Waals surface area contributed by atoms with Crippen molar-refractivity contribution in [3.05, 3.63) is 64.1 Å². The first kappa shape index (κ1) is 16.9. The number of pyridine rings is 1. The number of nitrogens with one attached hydrogen (secondary N) is 1. The van der Waals surface area contributed by atoms with Gasteiger partial charge in [-0.2, -0.15) is 11.3 Å². The summed E-state index contributed by atoms with van der Waals surface area (Å²) in [6.07, 6.45) is 4.09. The van der Waals surface area contributed by atoms with Crippen molar-refractivity contribution < 1.29 is 4.79 Å². The van der Waals surface area contributed by atoms with Gasteiger partial charge in [0.05, 0.1) is 6.54 Å². The average Bonchev–Trinajstić information content (AvgIpc) is 3.28. The van der Waals surface area contributed by atoms with E-state index >= 15 is 0 Å². The molecular weight excluding hydrogens is 348 g/mol. The largest absolute Gasteiger partial charge is 0.345 e. The van der Waals surface area contributed by atoms with Crippen LogP contribution in [0.2, 0.25) is 0 Å². The highest BCUT2D eigenvalue weighted by Gasteiger charge is 2.19. The monoisotopic (exact) mass is 368 g/mol. The highest BCUT2D eigenvalue weighted by atomic mass is 32.1. The van der Waals surface area contributed by atoms with Crippen LogP contribution in [0.1, 0.15) is 27.6 Å². The summed E-state index contributed by atoms with van der Waals surface area (Å²) in [6.45, 7) is 4.10. The minimum absolute atomic E-state index is 0.127. The number of fused-ring (bicyclic) bond motifs is 1. The fourth-order valence-electron chi connectivity index (χ4n) is 3.12. The molecule has 3 aromatic heterocycles. The van der Waals surface area contributed by atoms with Crippen molar-refractivity contribution in [3.8, 4) is 0 Å². The molecule has 0 saturated heterocycles. The number of hydrogen-bond acceptors (Lipinski definition) is 6. The second-order valence-corrected chi connectivity index (χ2v) is 7.04. The highest BCUT2D eigenvalue weighted by Crippen LogP contribution is 2.14. The lowest BCUT2D eigenvalue weighted by Crippen LogP contribution is -2.27. The summed E-state index contributed by atoms with van der Waals surface area (Å²) in [6, 6.07) is 5.57. The van der Waals surface area contributed by atoms with Gasteiger partial charge in [0.25, 0.3) is 5.91 Å². The maximum absolute atomic E-state index is 12.2. The second kappa shape index (κ2) is 7.76.